The van der Waals surface area contributed by atoms with Crippen molar-refractivity contribution in [3.05, 3.63) is 59.2 Å². The van der Waals surface area contributed by atoms with Crippen LogP contribution in [0.2, 0.25) is 0 Å². The molecule has 1 nitrogen and oxygen atoms in total. The molecular formula is C21H22BN. The lowest BCUT2D eigenvalue weighted by molar-refractivity contribution is 0.648. The number of benzene rings is 2. The first kappa shape index (κ1) is 15.8. The summed E-state index contributed by atoms with van der Waals surface area (Å²) in [6.07, 6.45) is 1.08. The van der Waals surface area contributed by atoms with Crippen LogP contribution >= 0.6 is 0 Å². The first-order valence-electron chi connectivity index (χ1n) is 8.20. The van der Waals surface area contributed by atoms with E-state index in [0.717, 1.165) is 23.1 Å². The van der Waals surface area contributed by atoms with Crippen LogP contribution in [-0.2, 0) is 6.42 Å². The maximum Gasteiger partial charge on any atom is 0.141 e. The lowest BCUT2D eigenvalue weighted by Crippen LogP contribution is -2.09. The van der Waals surface area contributed by atoms with Gasteiger partial charge in [-0.05, 0) is 60.9 Å². The van der Waals surface area contributed by atoms with Crippen molar-refractivity contribution in [2.45, 2.75) is 34.1 Å². The van der Waals surface area contributed by atoms with Gasteiger partial charge < -0.3 is 0 Å². The average molecular weight is 299 g/mol. The molecule has 0 unspecified atom stereocenters. The third kappa shape index (κ3) is 3.47. The minimum absolute atomic E-state index is 0.577. The van der Waals surface area contributed by atoms with Crippen LogP contribution in [0.15, 0.2) is 42.5 Å². The maximum atomic E-state index is 6.08. The zero-order chi connectivity index (χ0) is 16.6. The number of aromatic nitrogens is 1. The fourth-order valence-corrected chi connectivity index (χ4v) is 3.26. The number of hydrogen-bond acceptors (Lipinski definition) is 1. The van der Waals surface area contributed by atoms with Crippen molar-refractivity contribution in [1.82, 2.24) is 4.98 Å². The Kier molecular flexibility index (Phi) is 4.25. The van der Waals surface area contributed by atoms with Gasteiger partial charge in [-0.2, -0.15) is 0 Å². The number of rotatable bonds is 3. The molecule has 0 aliphatic rings. The van der Waals surface area contributed by atoms with E-state index in [1.54, 1.807) is 0 Å². The number of aryl methyl sites for hydroxylation is 2. The third-order valence-corrected chi connectivity index (χ3v) is 4.05. The van der Waals surface area contributed by atoms with E-state index in [-0.39, 0.29) is 0 Å². The van der Waals surface area contributed by atoms with Crippen LogP contribution in [0.25, 0.3) is 22.0 Å². The maximum absolute atomic E-state index is 6.08. The summed E-state index contributed by atoms with van der Waals surface area (Å²) in [7, 11) is 6.08. The Balaban J connectivity index is 2.20. The summed E-state index contributed by atoms with van der Waals surface area (Å²) in [5.74, 6) is 0.644. The first-order valence-corrected chi connectivity index (χ1v) is 8.20. The molecule has 23 heavy (non-hydrogen) atoms. The van der Waals surface area contributed by atoms with E-state index in [9.17, 15) is 0 Å². The summed E-state index contributed by atoms with van der Waals surface area (Å²) in [6.45, 7) is 8.72. The summed E-state index contributed by atoms with van der Waals surface area (Å²) in [6, 6.07) is 15.2. The van der Waals surface area contributed by atoms with Crippen molar-refractivity contribution in [3.8, 4) is 11.3 Å². The highest BCUT2D eigenvalue weighted by molar-refractivity contribution is 6.32. The van der Waals surface area contributed by atoms with Gasteiger partial charge in [-0.3, -0.25) is 4.98 Å². The predicted octanol–water partition coefficient (Wildman–Crippen LogP) is 4.51. The van der Waals surface area contributed by atoms with Crippen LogP contribution in [0.5, 0.6) is 0 Å². The Morgan fingerprint density at radius 3 is 2.30 bits per heavy atom. The Bertz CT molecular complexity index is 845. The van der Waals surface area contributed by atoms with E-state index >= 15 is 0 Å². The topological polar surface area (TPSA) is 12.9 Å². The minimum Gasteiger partial charge on any atom is -0.264 e. The molecule has 0 spiro atoms. The minimum atomic E-state index is 0.577. The average Bonchev–Trinajstić information content (AvgIpc) is 2.44. The van der Waals surface area contributed by atoms with Crippen LogP contribution in [0.4, 0.5) is 0 Å². The molecule has 0 saturated carbocycles. The first-order chi connectivity index (χ1) is 10.9. The fourth-order valence-electron chi connectivity index (χ4n) is 3.26. The molecule has 0 N–H and O–H groups in total. The van der Waals surface area contributed by atoms with Gasteiger partial charge >= 0.3 is 0 Å². The second-order valence-corrected chi connectivity index (χ2v) is 6.93. The summed E-state index contributed by atoms with van der Waals surface area (Å²) in [4.78, 5) is 4.62. The van der Waals surface area contributed by atoms with Gasteiger partial charge in [0.1, 0.15) is 7.85 Å². The van der Waals surface area contributed by atoms with Crippen LogP contribution < -0.4 is 5.59 Å². The number of fused-ring (bicyclic) bond motifs is 1. The lowest BCUT2D eigenvalue weighted by Gasteiger charge is -2.12. The molecule has 0 amide bonds. The van der Waals surface area contributed by atoms with Gasteiger partial charge in [0.25, 0.3) is 0 Å². The van der Waals surface area contributed by atoms with E-state index in [0.29, 0.717) is 11.5 Å². The predicted molar refractivity (Wildman–Crippen MR) is 101 cm³/mol. The van der Waals surface area contributed by atoms with E-state index < -0.39 is 0 Å². The highest BCUT2D eigenvalue weighted by Gasteiger charge is 2.09. The molecule has 3 rings (SSSR count). The molecule has 1 aromatic heterocycles. The SMILES string of the molecule is [B]c1cc2cc(CC(C)C)ccc2c(-c2cc(C)cc(C)c2)n1. The molecule has 3 aromatic rings. The summed E-state index contributed by atoms with van der Waals surface area (Å²) in [5, 5.41) is 2.33. The smallest absolute Gasteiger partial charge is 0.141 e. The second-order valence-electron chi connectivity index (χ2n) is 6.93. The Morgan fingerprint density at radius 1 is 0.957 bits per heavy atom. The van der Waals surface area contributed by atoms with Gasteiger partial charge in [0.2, 0.25) is 0 Å². The van der Waals surface area contributed by atoms with Crippen molar-refractivity contribution in [2.24, 2.45) is 5.92 Å². The fraction of sp³-hybridized carbons (Fsp3) is 0.286. The van der Waals surface area contributed by atoms with Crippen molar-refractivity contribution >= 4 is 24.2 Å². The summed E-state index contributed by atoms with van der Waals surface area (Å²) < 4.78 is 0. The van der Waals surface area contributed by atoms with Crippen LogP contribution in [0, 0.1) is 19.8 Å². The van der Waals surface area contributed by atoms with Gasteiger partial charge in [-0.1, -0.05) is 49.2 Å². The van der Waals surface area contributed by atoms with E-state index in [1.807, 2.05) is 6.07 Å². The Labute approximate surface area is 140 Å². The highest BCUT2D eigenvalue weighted by Crippen LogP contribution is 2.28. The zero-order valence-corrected chi connectivity index (χ0v) is 14.4. The van der Waals surface area contributed by atoms with Gasteiger partial charge in [0, 0.05) is 10.9 Å². The van der Waals surface area contributed by atoms with Gasteiger partial charge in [0.15, 0.2) is 0 Å². The van der Waals surface area contributed by atoms with Gasteiger partial charge in [-0.25, -0.2) is 0 Å². The van der Waals surface area contributed by atoms with Crippen molar-refractivity contribution in [3.63, 3.8) is 0 Å². The molecule has 0 aliphatic carbocycles. The molecule has 0 atom stereocenters. The quantitative estimate of drug-likeness (QED) is 0.648. The standard InChI is InChI=1S/C21H22BN/c1-13(2)7-16-5-6-19-17(11-16)12-20(22)23-21(19)18-9-14(3)8-15(4)10-18/h5-6,8-13H,7H2,1-4H3. The molecular weight excluding hydrogens is 277 g/mol. The van der Waals surface area contributed by atoms with Crippen molar-refractivity contribution in [1.29, 1.82) is 0 Å². The Morgan fingerprint density at radius 2 is 1.65 bits per heavy atom. The lowest BCUT2D eigenvalue weighted by atomic mass is 9.93. The monoisotopic (exact) mass is 299 g/mol. The molecule has 0 bridgehead atoms. The normalized spacial score (nSPS) is 11.3. The second kappa shape index (κ2) is 6.19. The van der Waals surface area contributed by atoms with E-state index in [4.69, 9.17) is 7.85 Å². The van der Waals surface area contributed by atoms with Gasteiger partial charge in [-0.15, -0.1) is 0 Å². The van der Waals surface area contributed by atoms with E-state index in [1.165, 1.54) is 22.1 Å². The van der Waals surface area contributed by atoms with Gasteiger partial charge in [0.05, 0.1) is 5.69 Å². The molecule has 2 heteroatoms. The largest absolute Gasteiger partial charge is 0.264 e. The highest BCUT2D eigenvalue weighted by atomic mass is 14.7. The van der Waals surface area contributed by atoms with Crippen LogP contribution in [0.1, 0.15) is 30.5 Å². The molecule has 0 fully saturated rings. The number of hydrogen-bond donors (Lipinski definition) is 0. The van der Waals surface area contributed by atoms with Crippen LogP contribution in [0.3, 0.4) is 0 Å². The molecule has 114 valence electrons. The zero-order valence-electron chi connectivity index (χ0n) is 14.4. The molecule has 0 saturated heterocycles. The number of pyridine rings is 1. The van der Waals surface area contributed by atoms with Crippen molar-refractivity contribution < 1.29 is 0 Å². The molecule has 1 heterocycles. The summed E-state index contributed by atoms with van der Waals surface area (Å²) in [5.41, 5.74) is 6.53. The van der Waals surface area contributed by atoms with E-state index in [2.05, 4.69) is 69.1 Å². The third-order valence-electron chi connectivity index (χ3n) is 4.05. The molecule has 2 radical (unpaired) electrons. The van der Waals surface area contributed by atoms with Crippen molar-refractivity contribution in [2.75, 3.05) is 0 Å². The number of nitrogens with zero attached hydrogens (tertiary/aromatic N) is 1. The molecule has 2 aromatic carbocycles. The Hall–Kier alpha value is -2.09. The summed E-state index contributed by atoms with van der Waals surface area (Å²) >= 11 is 0. The van der Waals surface area contributed by atoms with Crippen LogP contribution in [-0.4, -0.2) is 12.8 Å². The molecule has 0 aliphatic heterocycles.